The van der Waals surface area contributed by atoms with E-state index in [2.05, 4.69) is 13.2 Å². The molecule has 0 heterocycles. The minimum Gasteiger partial charge on any atom is -0.100 e. The van der Waals surface area contributed by atoms with Gasteiger partial charge in [-0.3, -0.25) is 0 Å². The Morgan fingerprint density at radius 3 is 0.778 bits per heavy atom. The Hall–Kier alpha value is 0.0644. The van der Waals surface area contributed by atoms with Crippen LogP contribution in [0.1, 0.15) is 27.7 Å². The largest absolute Gasteiger partial charge is 0.100 e. The van der Waals surface area contributed by atoms with Crippen molar-refractivity contribution in [1.29, 1.82) is 0 Å². The third-order valence-corrected chi connectivity index (χ3v) is 0. The SMILES string of the molecule is C=C(C)C.C=C(C)C.[V]. The summed E-state index contributed by atoms with van der Waals surface area (Å²) in [6, 6.07) is 0. The maximum atomic E-state index is 3.56. The topological polar surface area (TPSA) is 0 Å². The second-order valence-electron chi connectivity index (χ2n) is 2.41. The molecule has 0 bridgehead atoms. The molecule has 0 aliphatic heterocycles. The minimum absolute atomic E-state index is 0. The van der Waals surface area contributed by atoms with Gasteiger partial charge in [-0.2, -0.15) is 0 Å². The van der Waals surface area contributed by atoms with Crippen molar-refractivity contribution >= 4 is 0 Å². The Balaban J connectivity index is -0.0000000720. The molecule has 9 heavy (non-hydrogen) atoms. The summed E-state index contributed by atoms with van der Waals surface area (Å²) < 4.78 is 0. The molecular formula is C8H16V. The molecule has 0 aromatic rings. The van der Waals surface area contributed by atoms with Gasteiger partial charge in [0, 0.05) is 18.6 Å². The van der Waals surface area contributed by atoms with Gasteiger partial charge in [-0.15, -0.1) is 13.2 Å². The van der Waals surface area contributed by atoms with E-state index in [1.54, 1.807) is 0 Å². The molecule has 1 heteroatoms. The fourth-order valence-corrected chi connectivity index (χ4v) is 0. The van der Waals surface area contributed by atoms with Crippen LogP contribution >= 0.6 is 0 Å². The van der Waals surface area contributed by atoms with Gasteiger partial charge in [0.25, 0.3) is 0 Å². The van der Waals surface area contributed by atoms with Crippen LogP contribution in [0.3, 0.4) is 0 Å². The van der Waals surface area contributed by atoms with Gasteiger partial charge in [-0.25, -0.2) is 0 Å². The molecule has 0 atom stereocenters. The van der Waals surface area contributed by atoms with Crippen molar-refractivity contribution in [2.24, 2.45) is 0 Å². The maximum absolute atomic E-state index is 3.56. The summed E-state index contributed by atoms with van der Waals surface area (Å²) in [6.07, 6.45) is 0. The van der Waals surface area contributed by atoms with Gasteiger partial charge in [0.15, 0.2) is 0 Å². The summed E-state index contributed by atoms with van der Waals surface area (Å²) in [7, 11) is 0. The summed E-state index contributed by atoms with van der Waals surface area (Å²) in [5.41, 5.74) is 2.33. The number of hydrogen-bond donors (Lipinski definition) is 0. The second kappa shape index (κ2) is 10.9. The minimum atomic E-state index is 0. The molecule has 0 fully saturated rings. The van der Waals surface area contributed by atoms with Gasteiger partial charge in [-0.1, -0.05) is 11.1 Å². The average molecular weight is 163 g/mol. The maximum Gasteiger partial charge on any atom is 0 e. The first kappa shape index (κ1) is 16.0. The van der Waals surface area contributed by atoms with E-state index in [0.717, 1.165) is 0 Å². The summed E-state index contributed by atoms with van der Waals surface area (Å²) in [6.45, 7) is 15.0. The summed E-state index contributed by atoms with van der Waals surface area (Å²) in [5, 5.41) is 0. The van der Waals surface area contributed by atoms with Crippen LogP contribution in [-0.2, 0) is 18.6 Å². The normalized spacial score (nSPS) is 5.78. The molecule has 0 aliphatic carbocycles. The Kier molecular flexibility index (Phi) is 19.5. The van der Waals surface area contributed by atoms with Gasteiger partial charge in [0.2, 0.25) is 0 Å². The molecule has 0 spiro atoms. The number of allylic oxidation sites excluding steroid dienone is 2. The zero-order chi connectivity index (χ0) is 7.15. The first-order valence-corrected chi connectivity index (χ1v) is 2.71. The van der Waals surface area contributed by atoms with Crippen LogP contribution < -0.4 is 0 Å². The smallest absolute Gasteiger partial charge is 0 e. The third-order valence-electron chi connectivity index (χ3n) is 0. The van der Waals surface area contributed by atoms with Crippen molar-refractivity contribution in [1.82, 2.24) is 0 Å². The van der Waals surface area contributed by atoms with Crippen molar-refractivity contribution in [3.63, 3.8) is 0 Å². The molecule has 0 rings (SSSR count). The zero-order valence-corrected chi connectivity index (χ0v) is 8.26. The molecule has 0 amide bonds. The average Bonchev–Trinajstić information content (AvgIpc) is 1.25. The number of rotatable bonds is 0. The fraction of sp³-hybridized carbons (Fsp3) is 0.500. The Morgan fingerprint density at radius 2 is 0.778 bits per heavy atom. The monoisotopic (exact) mass is 163 g/mol. The Labute approximate surface area is 70.9 Å². The predicted molar refractivity (Wildman–Crippen MR) is 41.0 cm³/mol. The van der Waals surface area contributed by atoms with E-state index < -0.39 is 0 Å². The first-order valence-electron chi connectivity index (χ1n) is 2.71. The van der Waals surface area contributed by atoms with Crippen molar-refractivity contribution < 1.29 is 18.6 Å². The van der Waals surface area contributed by atoms with Gasteiger partial charge in [0.1, 0.15) is 0 Å². The molecule has 0 N–H and O–H groups in total. The molecule has 1 radical (unpaired) electrons. The Bertz CT molecular complexity index is 62.6. The molecule has 53 valence electrons. The van der Waals surface area contributed by atoms with E-state index in [1.807, 2.05) is 27.7 Å². The summed E-state index contributed by atoms with van der Waals surface area (Å²) in [4.78, 5) is 0. The van der Waals surface area contributed by atoms with Crippen molar-refractivity contribution in [3.8, 4) is 0 Å². The van der Waals surface area contributed by atoms with Crippen LogP contribution in [0.5, 0.6) is 0 Å². The van der Waals surface area contributed by atoms with Crippen molar-refractivity contribution in [2.75, 3.05) is 0 Å². The van der Waals surface area contributed by atoms with E-state index in [1.165, 1.54) is 11.1 Å². The predicted octanol–water partition coefficient (Wildman–Crippen LogP) is 3.16. The van der Waals surface area contributed by atoms with Crippen molar-refractivity contribution in [3.05, 3.63) is 24.3 Å². The summed E-state index contributed by atoms with van der Waals surface area (Å²) >= 11 is 0. The molecular weight excluding hydrogens is 147 g/mol. The van der Waals surface area contributed by atoms with Crippen LogP contribution in [0, 0.1) is 0 Å². The van der Waals surface area contributed by atoms with Gasteiger partial charge in [0.05, 0.1) is 0 Å². The molecule has 0 saturated carbocycles. The van der Waals surface area contributed by atoms with Crippen LogP contribution in [0.25, 0.3) is 0 Å². The van der Waals surface area contributed by atoms with E-state index in [-0.39, 0.29) is 18.6 Å². The van der Waals surface area contributed by atoms with E-state index in [0.29, 0.717) is 0 Å². The van der Waals surface area contributed by atoms with Gasteiger partial charge >= 0.3 is 0 Å². The Morgan fingerprint density at radius 1 is 0.778 bits per heavy atom. The second-order valence-corrected chi connectivity index (χ2v) is 2.41. The van der Waals surface area contributed by atoms with E-state index >= 15 is 0 Å². The first-order chi connectivity index (χ1) is 3.46. The fourth-order valence-electron chi connectivity index (χ4n) is 0. The molecule has 0 nitrogen and oxygen atoms in total. The number of hydrogen-bond acceptors (Lipinski definition) is 0. The molecule has 0 aliphatic rings. The van der Waals surface area contributed by atoms with Crippen LogP contribution in [-0.4, -0.2) is 0 Å². The quantitative estimate of drug-likeness (QED) is 0.481. The van der Waals surface area contributed by atoms with E-state index in [4.69, 9.17) is 0 Å². The third kappa shape index (κ3) is 71500. The molecule has 0 saturated heterocycles. The van der Waals surface area contributed by atoms with Crippen molar-refractivity contribution in [2.45, 2.75) is 27.7 Å². The summed E-state index contributed by atoms with van der Waals surface area (Å²) in [5.74, 6) is 0. The molecule has 0 aromatic heterocycles. The van der Waals surface area contributed by atoms with Crippen LogP contribution in [0.4, 0.5) is 0 Å². The standard InChI is InChI=1S/2C4H8.V/c2*1-4(2)3;/h2*1H2,2-3H3;. The van der Waals surface area contributed by atoms with Crippen LogP contribution in [0.15, 0.2) is 24.3 Å². The van der Waals surface area contributed by atoms with Crippen LogP contribution in [0.2, 0.25) is 0 Å². The molecule has 0 aromatic carbocycles. The molecule has 0 unspecified atom stereocenters. The van der Waals surface area contributed by atoms with Gasteiger partial charge < -0.3 is 0 Å². The van der Waals surface area contributed by atoms with Gasteiger partial charge in [-0.05, 0) is 27.7 Å². The zero-order valence-electron chi connectivity index (χ0n) is 6.86. The van der Waals surface area contributed by atoms with E-state index in [9.17, 15) is 0 Å².